The van der Waals surface area contributed by atoms with Crippen molar-refractivity contribution in [3.63, 3.8) is 0 Å². The van der Waals surface area contributed by atoms with E-state index in [2.05, 4.69) is 27.3 Å². The number of carbonyl (C=O) groups is 1. The van der Waals surface area contributed by atoms with Crippen LogP contribution in [0.4, 0.5) is 0 Å². The summed E-state index contributed by atoms with van der Waals surface area (Å²) in [6.45, 7) is 1.89. The number of benzene rings is 1. The molecule has 0 saturated heterocycles. The molecule has 0 amide bonds. The van der Waals surface area contributed by atoms with Gasteiger partial charge in [0.2, 0.25) is 0 Å². The van der Waals surface area contributed by atoms with E-state index in [-0.39, 0.29) is 11.7 Å². The Bertz CT molecular complexity index is 787. The van der Waals surface area contributed by atoms with E-state index in [1.165, 1.54) is 0 Å². The minimum absolute atomic E-state index is 0.117. The summed E-state index contributed by atoms with van der Waals surface area (Å²) in [7, 11) is 1.61. The molecule has 1 atom stereocenters. The first kappa shape index (κ1) is 15.8. The number of methoxy groups -OCH3 is 1. The van der Waals surface area contributed by atoms with Crippen LogP contribution in [0.2, 0.25) is 0 Å². The summed E-state index contributed by atoms with van der Waals surface area (Å²) in [5, 5.41) is 12.9. The second-order valence-electron chi connectivity index (χ2n) is 5.76. The fraction of sp³-hybridized carbons (Fsp3) is 0.333. The van der Waals surface area contributed by atoms with Crippen molar-refractivity contribution in [3.05, 3.63) is 50.8 Å². The topological polar surface area (TPSA) is 62.1 Å². The van der Waals surface area contributed by atoms with Gasteiger partial charge in [0.15, 0.2) is 5.78 Å². The fourth-order valence-corrected chi connectivity index (χ4v) is 3.75. The summed E-state index contributed by atoms with van der Waals surface area (Å²) in [5.74, 6) is 0.438. The van der Waals surface area contributed by atoms with Crippen LogP contribution < -0.4 is 10.1 Å². The molecule has 0 radical (unpaired) electrons. The average Bonchev–Trinajstić information content (AvgIpc) is 2.53. The van der Waals surface area contributed by atoms with E-state index in [4.69, 9.17) is 4.74 Å². The third kappa shape index (κ3) is 2.68. The van der Waals surface area contributed by atoms with Crippen LogP contribution in [0.5, 0.6) is 5.75 Å². The molecule has 0 fully saturated rings. The van der Waals surface area contributed by atoms with Crippen LogP contribution >= 0.6 is 15.9 Å². The summed E-state index contributed by atoms with van der Waals surface area (Å²) < 4.78 is 6.39. The number of ketones is 1. The number of carbonyl (C=O) groups excluding carboxylic acids is 1. The molecule has 0 spiro atoms. The van der Waals surface area contributed by atoms with Crippen molar-refractivity contribution in [2.24, 2.45) is 0 Å². The first-order chi connectivity index (χ1) is 11.1. The van der Waals surface area contributed by atoms with Crippen LogP contribution in [0, 0.1) is 11.3 Å². The zero-order chi connectivity index (χ0) is 16.6. The predicted molar refractivity (Wildman–Crippen MR) is 90.8 cm³/mol. The van der Waals surface area contributed by atoms with Crippen molar-refractivity contribution in [1.82, 2.24) is 5.32 Å². The van der Waals surface area contributed by atoms with Gasteiger partial charge in [-0.1, -0.05) is 15.9 Å². The Hall–Kier alpha value is -2.06. The van der Waals surface area contributed by atoms with Gasteiger partial charge in [0, 0.05) is 33.4 Å². The van der Waals surface area contributed by atoms with Crippen LogP contribution in [0.25, 0.3) is 0 Å². The molecule has 0 saturated carbocycles. The zero-order valence-electron chi connectivity index (χ0n) is 13.1. The first-order valence-electron chi connectivity index (χ1n) is 7.54. The SMILES string of the molecule is COc1ccc(Br)cc1C1C(C#N)=C(C)NC2=C1C(=O)CCC2. The lowest BCUT2D eigenvalue weighted by Gasteiger charge is -2.33. The Morgan fingerprint density at radius 2 is 2.17 bits per heavy atom. The van der Waals surface area contributed by atoms with E-state index in [0.717, 1.165) is 39.8 Å². The summed E-state index contributed by atoms with van der Waals surface area (Å²) >= 11 is 3.48. The molecule has 1 heterocycles. The van der Waals surface area contributed by atoms with Gasteiger partial charge in [0.05, 0.1) is 24.7 Å². The van der Waals surface area contributed by atoms with Crippen LogP contribution in [0.1, 0.15) is 37.7 Å². The summed E-state index contributed by atoms with van der Waals surface area (Å²) in [5.41, 5.74) is 3.91. The van der Waals surface area contributed by atoms with E-state index in [0.29, 0.717) is 17.7 Å². The van der Waals surface area contributed by atoms with Crippen molar-refractivity contribution in [1.29, 1.82) is 5.26 Å². The Morgan fingerprint density at radius 3 is 2.87 bits per heavy atom. The minimum atomic E-state index is -0.364. The zero-order valence-corrected chi connectivity index (χ0v) is 14.7. The quantitative estimate of drug-likeness (QED) is 0.853. The largest absolute Gasteiger partial charge is 0.496 e. The number of ether oxygens (including phenoxy) is 1. The van der Waals surface area contributed by atoms with Crippen LogP contribution in [0.15, 0.2) is 45.2 Å². The molecular weight excluding hydrogens is 356 g/mol. The number of allylic oxidation sites excluding steroid dienone is 4. The summed E-state index contributed by atoms with van der Waals surface area (Å²) in [6, 6.07) is 7.98. The lowest BCUT2D eigenvalue weighted by Crippen LogP contribution is -2.31. The molecule has 1 aliphatic carbocycles. The summed E-state index contributed by atoms with van der Waals surface area (Å²) in [4.78, 5) is 12.6. The Morgan fingerprint density at radius 1 is 1.39 bits per heavy atom. The molecule has 1 N–H and O–H groups in total. The highest BCUT2D eigenvalue weighted by molar-refractivity contribution is 9.10. The van der Waals surface area contributed by atoms with Crippen molar-refractivity contribution >= 4 is 21.7 Å². The maximum absolute atomic E-state index is 12.6. The van der Waals surface area contributed by atoms with E-state index in [1.807, 2.05) is 25.1 Å². The molecule has 1 aliphatic heterocycles. The molecule has 118 valence electrons. The molecule has 0 aromatic heterocycles. The van der Waals surface area contributed by atoms with Crippen molar-refractivity contribution in [2.45, 2.75) is 32.1 Å². The maximum Gasteiger partial charge on any atom is 0.161 e. The van der Waals surface area contributed by atoms with Gasteiger partial charge in [0.1, 0.15) is 5.75 Å². The van der Waals surface area contributed by atoms with Crippen LogP contribution in [-0.4, -0.2) is 12.9 Å². The molecular formula is C18H17BrN2O2. The second-order valence-corrected chi connectivity index (χ2v) is 6.68. The highest BCUT2D eigenvalue weighted by Crippen LogP contribution is 2.45. The van der Waals surface area contributed by atoms with Gasteiger partial charge in [-0.05, 0) is 38.0 Å². The smallest absolute Gasteiger partial charge is 0.161 e. The number of Topliss-reactive ketones (excluding diaryl/α,β-unsaturated/α-hetero) is 1. The average molecular weight is 373 g/mol. The molecule has 4 nitrogen and oxygen atoms in total. The number of rotatable bonds is 2. The third-order valence-corrected chi connectivity index (χ3v) is 4.89. The number of halogens is 1. The van der Waals surface area contributed by atoms with Crippen molar-refractivity contribution in [3.8, 4) is 11.8 Å². The van der Waals surface area contributed by atoms with E-state index in [9.17, 15) is 10.1 Å². The van der Waals surface area contributed by atoms with E-state index in [1.54, 1.807) is 7.11 Å². The molecule has 3 rings (SSSR count). The predicted octanol–water partition coefficient (Wildman–Crippen LogP) is 3.95. The van der Waals surface area contributed by atoms with Crippen LogP contribution in [-0.2, 0) is 4.79 Å². The molecule has 5 heteroatoms. The number of nitrogens with zero attached hydrogens (tertiary/aromatic N) is 1. The van der Waals surface area contributed by atoms with Gasteiger partial charge in [-0.25, -0.2) is 0 Å². The Labute approximate surface area is 144 Å². The maximum atomic E-state index is 12.6. The number of hydrogen-bond donors (Lipinski definition) is 1. The molecule has 2 aliphatic rings. The van der Waals surface area contributed by atoms with Gasteiger partial charge < -0.3 is 10.1 Å². The monoisotopic (exact) mass is 372 g/mol. The molecule has 1 aromatic carbocycles. The van der Waals surface area contributed by atoms with Crippen LogP contribution in [0.3, 0.4) is 0 Å². The number of hydrogen-bond acceptors (Lipinski definition) is 4. The normalized spacial score (nSPS) is 20.8. The molecule has 1 unspecified atom stereocenters. The molecule has 0 bridgehead atoms. The van der Waals surface area contributed by atoms with E-state index < -0.39 is 0 Å². The van der Waals surface area contributed by atoms with Gasteiger partial charge >= 0.3 is 0 Å². The number of nitriles is 1. The number of nitrogens with one attached hydrogen (secondary N) is 1. The molecule has 1 aromatic rings. The molecule has 23 heavy (non-hydrogen) atoms. The van der Waals surface area contributed by atoms with Gasteiger partial charge in [-0.2, -0.15) is 5.26 Å². The third-order valence-electron chi connectivity index (χ3n) is 4.40. The Balaban J connectivity index is 2.26. The standard InChI is InChI=1S/C18H17BrN2O2/c1-10-13(9-20)17(12-8-11(19)6-7-16(12)23-2)18-14(21-10)4-3-5-15(18)22/h6-8,17,21H,3-5H2,1-2H3. The van der Waals surface area contributed by atoms with Crippen molar-refractivity contribution < 1.29 is 9.53 Å². The number of dihydropyridines is 1. The second kappa shape index (κ2) is 6.21. The van der Waals surface area contributed by atoms with E-state index >= 15 is 0 Å². The Kier molecular flexibility index (Phi) is 4.27. The highest BCUT2D eigenvalue weighted by Gasteiger charge is 2.37. The lowest BCUT2D eigenvalue weighted by atomic mass is 9.75. The van der Waals surface area contributed by atoms with Gasteiger partial charge in [-0.15, -0.1) is 0 Å². The van der Waals surface area contributed by atoms with Gasteiger partial charge in [0.25, 0.3) is 0 Å². The summed E-state index contributed by atoms with van der Waals surface area (Å²) in [6.07, 6.45) is 2.22. The fourth-order valence-electron chi connectivity index (χ4n) is 3.37. The first-order valence-corrected chi connectivity index (χ1v) is 8.33. The van der Waals surface area contributed by atoms with Gasteiger partial charge in [-0.3, -0.25) is 4.79 Å². The lowest BCUT2D eigenvalue weighted by molar-refractivity contribution is -0.116. The highest BCUT2D eigenvalue weighted by atomic mass is 79.9. The minimum Gasteiger partial charge on any atom is -0.496 e. The van der Waals surface area contributed by atoms with Crippen molar-refractivity contribution in [2.75, 3.05) is 7.11 Å².